The van der Waals surface area contributed by atoms with Crippen molar-refractivity contribution in [2.75, 3.05) is 13.2 Å². The van der Waals surface area contributed by atoms with Gasteiger partial charge in [-0.25, -0.2) is 0 Å². The molecule has 6 heteroatoms. The number of carbonyl (C=O) groups is 1. The van der Waals surface area contributed by atoms with E-state index in [0.29, 0.717) is 25.3 Å². The van der Waals surface area contributed by atoms with Gasteiger partial charge in [-0.3, -0.25) is 4.79 Å². The maximum absolute atomic E-state index is 12.5. The average molecular weight is 434 g/mol. The fraction of sp³-hybridized carbons (Fsp3) is 0.385. The van der Waals surface area contributed by atoms with Crippen LogP contribution in [0.15, 0.2) is 48.5 Å². The SMILES string of the molecule is Cc1ccc(Oc2c(CCC(=O)NCC3CCCO3)c(C)nn2-c2ccccc2C)cc1. The average Bonchev–Trinajstić information content (AvgIpc) is 3.41. The van der Waals surface area contributed by atoms with E-state index in [-0.39, 0.29) is 12.0 Å². The number of hydrogen-bond acceptors (Lipinski definition) is 4. The summed E-state index contributed by atoms with van der Waals surface area (Å²) in [5, 5.41) is 7.79. The van der Waals surface area contributed by atoms with E-state index in [4.69, 9.17) is 14.6 Å². The summed E-state index contributed by atoms with van der Waals surface area (Å²) >= 11 is 0. The minimum Gasteiger partial charge on any atom is -0.439 e. The smallest absolute Gasteiger partial charge is 0.226 e. The van der Waals surface area contributed by atoms with Crippen molar-refractivity contribution in [2.24, 2.45) is 0 Å². The number of carbonyl (C=O) groups excluding carboxylic acids is 1. The second-order valence-electron chi connectivity index (χ2n) is 8.42. The molecule has 0 saturated carbocycles. The number of ether oxygens (including phenoxy) is 2. The molecule has 1 aliphatic rings. The lowest BCUT2D eigenvalue weighted by atomic mass is 10.1. The first-order chi connectivity index (χ1) is 15.5. The summed E-state index contributed by atoms with van der Waals surface area (Å²) in [7, 11) is 0. The highest BCUT2D eigenvalue weighted by Crippen LogP contribution is 2.32. The first kappa shape index (κ1) is 22.1. The molecule has 1 atom stereocenters. The van der Waals surface area contributed by atoms with Gasteiger partial charge in [0.15, 0.2) is 0 Å². The van der Waals surface area contributed by atoms with E-state index in [1.54, 1.807) is 0 Å². The molecule has 0 spiro atoms. The van der Waals surface area contributed by atoms with E-state index in [1.165, 1.54) is 5.56 Å². The highest BCUT2D eigenvalue weighted by Gasteiger charge is 2.21. The van der Waals surface area contributed by atoms with E-state index in [9.17, 15) is 4.79 Å². The van der Waals surface area contributed by atoms with Crippen molar-refractivity contribution in [3.05, 3.63) is 70.9 Å². The van der Waals surface area contributed by atoms with Crippen LogP contribution in [0.1, 0.15) is 41.6 Å². The summed E-state index contributed by atoms with van der Waals surface area (Å²) in [4.78, 5) is 12.5. The number of para-hydroxylation sites is 1. The molecule has 1 unspecified atom stereocenters. The first-order valence-corrected chi connectivity index (χ1v) is 11.3. The molecule has 1 saturated heterocycles. The molecule has 2 heterocycles. The normalized spacial score (nSPS) is 15.7. The lowest BCUT2D eigenvalue weighted by Gasteiger charge is -2.13. The van der Waals surface area contributed by atoms with Gasteiger partial charge in [-0.1, -0.05) is 35.9 Å². The van der Waals surface area contributed by atoms with Gasteiger partial charge in [0.1, 0.15) is 5.75 Å². The highest BCUT2D eigenvalue weighted by molar-refractivity contribution is 5.76. The molecule has 1 fully saturated rings. The van der Waals surface area contributed by atoms with Crippen molar-refractivity contribution in [3.8, 4) is 17.3 Å². The Hall–Kier alpha value is -3.12. The van der Waals surface area contributed by atoms with Crippen molar-refractivity contribution in [1.82, 2.24) is 15.1 Å². The van der Waals surface area contributed by atoms with Crippen molar-refractivity contribution in [3.63, 3.8) is 0 Å². The van der Waals surface area contributed by atoms with Gasteiger partial charge in [0.05, 0.1) is 17.5 Å². The van der Waals surface area contributed by atoms with Crippen molar-refractivity contribution >= 4 is 5.91 Å². The van der Waals surface area contributed by atoms with Crippen LogP contribution in [0.4, 0.5) is 0 Å². The molecule has 1 amide bonds. The highest BCUT2D eigenvalue weighted by atomic mass is 16.5. The van der Waals surface area contributed by atoms with Crippen LogP contribution in [0.2, 0.25) is 0 Å². The van der Waals surface area contributed by atoms with Gasteiger partial charge in [-0.05, 0) is 63.8 Å². The van der Waals surface area contributed by atoms with Crippen LogP contribution >= 0.6 is 0 Å². The number of aromatic nitrogens is 2. The molecule has 32 heavy (non-hydrogen) atoms. The second kappa shape index (κ2) is 10.0. The fourth-order valence-corrected chi connectivity index (χ4v) is 3.97. The Morgan fingerprint density at radius 2 is 1.94 bits per heavy atom. The summed E-state index contributed by atoms with van der Waals surface area (Å²) in [6, 6.07) is 16.0. The number of aryl methyl sites for hydroxylation is 3. The van der Waals surface area contributed by atoms with E-state index in [2.05, 4.69) is 18.3 Å². The van der Waals surface area contributed by atoms with Crippen LogP contribution in [0.5, 0.6) is 11.6 Å². The first-order valence-electron chi connectivity index (χ1n) is 11.3. The van der Waals surface area contributed by atoms with Crippen LogP contribution in [0.25, 0.3) is 5.69 Å². The Morgan fingerprint density at radius 3 is 2.66 bits per heavy atom. The third kappa shape index (κ3) is 5.19. The quantitative estimate of drug-likeness (QED) is 0.553. The number of nitrogens with zero attached hydrogens (tertiary/aromatic N) is 2. The van der Waals surface area contributed by atoms with E-state index in [0.717, 1.165) is 47.7 Å². The lowest BCUT2D eigenvalue weighted by Crippen LogP contribution is -2.31. The largest absolute Gasteiger partial charge is 0.439 e. The lowest BCUT2D eigenvalue weighted by molar-refractivity contribution is -0.121. The maximum Gasteiger partial charge on any atom is 0.226 e. The predicted molar refractivity (Wildman–Crippen MR) is 125 cm³/mol. The summed E-state index contributed by atoms with van der Waals surface area (Å²) in [5.41, 5.74) is 5.05. The minimum atomic E-state index is 0.0184. The number of amides is 1. The molecule has 1 aromatic heterocycles. The predicted octanol–water partition coefficient (Wildman–Crippen LogP) is 4.82. The summed E-state index contributed by atoms with van der Waals surface area (Å²) < 4.78 is 13.8. The monoisotopic (exact) mass is 433 g/mol. The Labute approximate surface area is 189 Å². The van der Waals surface area contributed by atoms with Crippen molar-refractivity contribution in [1.29, 1.82) is 0 Å². The molecule has 0 radical (unpaired) electrons. The molecule has 1 N–H and O–H groups in total. The molecule has 0 aliphatic carbocycles. The van der Waals surface area contributed by atoms with Gasteiger partial charge in [0.2, 0.25) is 11.8 Å². The standard InChI is InChI=1S/C26H31N3O3/c1-18-10-12-21(13-11-18)32-26-23(14-15-25(30)27-17-22-8-6-16-31-22)20(3)28-29(26)24-9-5-4-7-19(24)2/h4-5,7,9-13,22H,6,8,14-17H2,1-3H3,(H,27,30). The zero-order chi connectivity index (χ0) is 22.5. The topological polar surface area (TPSA) is 65.4 Å². The van der Waals surface area contributed by atoms with Crippen LogP contribution in [0, 0.1) is 20.8 Å². The van der Waals surface area contributed by atoms with Crippen molar-refractivity contribution < 1.29 is 14.3 Å². The molecule has 3 aromatic rings. The molecule has 0 bridgehead atoms. The Morgan fingerprint density at radius 1 is 1.16 bits per heavy atom. The van der Waals surface area contributed by atoms with Crippen LogP contribution in [-0.4, -0.2) is 34.9 Å². The Bertz CT molecular complexity index is 1070. The molecular weight excluding hydrogens is 402 g/mol. The third-order valence-corrected chi connectivity index (χ3v) is 5.87. The van der Waals surface area contributed by atoms with Gasteiger partial charge in [-0.15, -0.1) is 0 Å². The second-order valence-corrected chi connectivity index (χ2v) is 8.42. The Kier molecular flexibility index (Phi) is 6.90. The number of hydrogen-bond donors (Lipinski definition) is 1. The van der Waals surface area contributed by atoms with Gasteiger partial charge >= 0.3 is 0 Å². The molecule has 2 aromatic carbocycles. The van der Waals surface area contributed by atoms with E-state index in [1.807, 2.05) is 61.0 Å². The van der Waals surface area contributed by atoms with Crippen LogP contribution < -0.4 is 10.1 Å². The number of nitrogens with one attached hydrogen (secondary N) is 1. The number of benzene rings is 2. The zero-order valence-corrected chi connectivity index (χ0v) is 19.1. The maximum atomic E-state index is 12.5. The zero-order valence-electron chi connectivity index (χ0n) is 19.1. The van der Waals surface area contributed by atoms with Crippen LogP contribution in [-0.2, 0) is 16.0 Å². The van der Waals surface area contributed by atoms with E-state index >= 15 is 0 Å². The third-order valence-electron chi connectivity index (χ3n) is 5.87. The van der Waals surface area contributed by atoms with Gasteiger partial charge in [-0.2, -0.15) is 9.78 Å². The molecule has 4 rings (SSSR count). The fourth-order valence-electron chi connectivity index (χ4n) is 3.97. The molecule has 6 nitrogen and oxygen atoms in total. The van der Waals surface area contributed by atoms with Gasteiger partial charge in [0.25, 0.3) is 0 Å². The summed E-state index contributed by atoms with van der Waals surface area (Å²) in [6.45, 7) is 7.44. The molecule has 168 valence electrons. The van der Waals surface area contributed by atoms with Gasteiger partial charge in [0, 0.05) is 25.1 Å². The van der Waals surface area contributed by atoms with E-state index < -0.39 is 0 Å². The van der Waals surface area contributed by atoms with Crippen molar-refractivity contribution in [2.45, 2.75) is 52.6 Å². The Balaban J connectivity index is 1.56. The van der Waals surface area contributed by atoms with Gasteiger partial charge < -0.3 is 14.8 Å². The van der Waals surface area contributed by atoms with Crippen LogP contribution in [0.3, 0.4) is 0 Å². The molecular formula is C26H31N3O3. The number of rotatable bonds is 8. The molecule has 1 aliphatic heterocycles. The summed E-state index contributed by atoms with van der Waals surface area (Å²) in [5.74, 6) is 1.42. The minimum absolute atomic E-state index is 0.0184. The summed E-state index contributed by atoms with van der Waals surface area (Å²) in [6.07, 6.45) is 3.15.